The van der Waals surface area contributed by atoms with Crippen LogP contribution in [-0.2, 0) is 11.3 Å². The third-order valence-corrected chi connectivity index (χ3v) is 5.15. The van der Waals surface area contributed by atoms with E-state index in [1.54, 1.807) is 0 Å². The Labute approximate surface area is 148 Å². The van der Waals surface area contributed by atoms with Crippen molar-refractivity contribution in [2.24, 2.45) is 17.6 Å². The molecule has 1 aromatic heterocycles. The Morgan fingerprint density at radius 1 is 1.28 bits per heavy atom. The molecule has 0 spiro atoms. The lowest BCUT2D eigenvalue weighted by atomic mass is 9.92. The SMILES string of the molecule is CC(C)[C@@H](c1nnnn1Cc1ccccc1)[NH+]1CCC(C(N)=O)CC1. The van der Waals surface area contributed by atoms with Crippen LogP contribution in [-0.4, -0.2) is 39.2 Å². The van der Waals surface area contributed by atoms with Crippen LogP contribution in [0.1, 0.15) is 44.1 Å². The average Bonchev–Trinajstić information content (AvgIpc) is 3.04. The highest BCUT2D eigenvalue weighted by Crippen LogP contribution is 2.19. The van der Waals surface area contributed by atoms with Gasteiger partial charge in [-0.1, -0.05) is 44.2 Å². The Bertz CT molecular complexity index is 691. The van der Waals surface area contributed by atoms with Gasteiger partial charge >= 0.3 is 0 Å². The van der Waals surface area contributed by atoms with E-state index in [4.69, 9.17) is 5.73 Å². The van der Waals surface area contributed by atoms with Crippen LogP contribution in [0, 0.1) is 11.8 Å². The molecule has 7 heteroatoms. The van der Waals surface area contributed by atoms with Gasteiger partial charge in [-0.05, 0) is 16.0 Å². The van der Waals surface area contributed by atoms with Crippen LogP contribution in [0.25, 0.3) is 0 Å². The molecule has 134 valence electrons. The van der Waals surface area contributed by atoms with Crippen molar-refractivity contribution < 1.29 is 9.69 Å². The highest BCUT2D eigenvalue weighted by Gasteiger charge is 2.36. The first kappa shape index (κ1) is 17.5. The molecule has 25 heavy (non-hydrogen) atoms. The monoisotopic (exact) mass is 343 g/mol. The van der Waals surface area contributed by atoms with E-state index in [-0.39, 0.29) is 17.9 Å². The standard InChI is InChI=1S/C18H26N6O/c1-13(2)16(23-10-8-15(9-11-23)17(19)25)18-20-21-22-24(18)12-14-6-4-3-5-7-14/h3-7,13,15-16H,8-12H2,1-2H3,(H2,19,25)/p+1/t16-/m0/s1. The minimum atomic E-state index is -0.172. The van der Waals surface area contributed by atoms with Gasteiger partial charge in [0.15, 0.2) is 6.04 Å². The Hall–Kier alpha value is -2.28. The molecule has 1 aromatic carbocycles. The quantitative estimate of drug-likeness (QED) is 0.784. The van der Waals surface area contributed by atoms with Crippen molar-refractivity contribution in [1.82, 2.24) is 20.2 Å². The number of aromatic nitrogens is 4. The number of nitrogens with two attached hydrogens (primary N) is 1. The normalized spacial score (nSPS) is 22.0. The van der Waals surface area contributed by atoms with Crippen molar-refractivity contribution in [3.05, 3.63) is 41.7 Å². The van der Waals surface area contributed by atoms with E-state index in [9.17, 15) is 4.79 Å². The van der Waals surface area contributed by atoms with Crippen LogP contribution >= 0.6 is 0 Å². The van der Waals surface area contributed by atoms with Gasteiger partial charge in [-0.25, -0.2) is 4.68 Å². The van der Waals surface area contributed by atoms with Gasteiger partial charge in [0.1, 0.15) is 0 Å². The van der Waals surface area contributed by atoms with Crippen molar-refractivity contribution in [2.45, 2.75) is 39.3 Å². The van der Waals surface area contributed by atoms with Crippen LogP contribution in [0.2, 0.25) is 0 Å². The molecule has 1 amide bonds. The fourth-order valence-electron chi connectivity index (χ4n) is 3.84. The number of carbonyl (C=O) groups is 1. The van der Waals surface area contributed by atoms with Crippen molar-refractivity contribution >= 4 is 5.91 Å². The fourth-order valence-corrected chi connectivity index (χ4v) is 3.84. The third-order valence-electron chi connectivity index (χ3n) is 5.15. The molecule has 0 aliphatic carbocycles. The Morgan fingerprint density at radius 3 is 2.56 bits per heavy atom. The minimum absolute atomic E-state index is 0.0110. The highest BCUT2D eigenvalue weighted by atomic mass is 16.1. The third kappa shape index (κ3) is 4.04. The molecule has 0 bridgehead atoms. The molecule has 1 atom stereocenters. The van der Waals surface area contributed by atoms with E-state index in [1.165, 1.54) is 10.5 Å². The number of hydrogen-bond donors (Lipinski definition) is 2. The van der Waals surface area contributed by atoms with E-state index in [0.29, 0.717) is 12.5 Å². The summed E-state index contributed by atoms with van der Waals surface area (Å²) in [5.41, 5.74) is 6.65. The number of nitrogens with zero attached hydrogens (tertiary/aromatic N) is 4. The zero-order valence-corrected chi connectivity index (χ0v) is 14.9. The smallest absolute Gasteiger partial charge is 0.220 e. The predicted molar refractivity (Wildman–Crippen MR) is 93.6 cm³/mol. The molecule has 1 fully saturated rings. The summed E-state index contributed by atoms with van der Waals surface area (Å²) in [6.45, 7) is 6.94. The van der Waals surface area contributed by atoms with Crippen LogP contribution in [0.15, 0.2) is 30.3 Å². The lowest BCUT2D eigenvalue weighted by Gasteiger charge is -2.35. The van der Waals surface area contributed by atoms with Gasteiger partial charge in [0.05, 0.1) is 19.6 Å². The van der Waals surface area contributed by atoms with Gasteiger partial charge < -0.3 is 10.6 Å². The summed E-state index contributed by atoms with van der Waals surface area (Å²) in [6.07, 6.45) is 1.68. The maximum absolute atomic E-state index is 11.4. The number of benzene rings is 1. The number of amides is 1. The Morgan fingerprint density at radius 2 is 1.96 bits per heavy atom. The minimum Gasteiger partial charge on any atom is -0.369 e. The molecule has 0 saturated carbocycles. The van der Waals surface area contributed by atoms with Crippen LogP contribution < -0.4 is 10.6 Å². The number of hydrogen-bond acceptors (Lipinski definition) is 4. The maximum atomic E-state index is 11.4. The number of carbonyl (C=O) groups excluding carboxylic acids is 1. The summed E-state index contributed by atoms with van der Waals surface area (Å²) in [4.78, 5) is 12.9. The number of likely N-dealkylation sites (tertiary alicyclic amines) is 1. The van der Waals surface area contributed by atoms with E-state index < -0.39 is 0 Å². The van der Waals surface area contributed by atoms with Crippen molar-refractivity contribution in [3.63, 3.8) is 0 Å². The summed E-state index contributed by atoms with van der Waals surface area (Å²) in [6, 6.07) is 10.4. The first-order valence-corrected chi connectivity index (χ1v) is 9.00. The van der Waals surface area contributed by atoms with Gasteiger partial charge in [-0.3, -0.25) is 4.79 Å². The number of primary amides is 1. The molecule has 3 N–H and O–H groups in total. The summed E-state index contributed by atoms with van der Waals surface area (Å²) in [5, 5.41) is 12.5. The summed E-state index contributed by atoms with van der Waals surface area (Å²) in [7, 11) is 0. The second-order valence-corrected chi connectivity index (χ2v) is 7.24. The van der Waals surface area contributed by atoms with Gasteiger partial charge in [0.25, 0.3) is 0 Å². The molecule has 2 aromatic rings. The zero-order valence-electron chi connectivity index (χ0n) is 14.9. The van der Waals surface area contributed by atoms with Crippen molar-refractivity contribution in [2.75, 3.05) is 13.1 Å². The molecule has 1 saturated heterocycles. The van der Waals surface area contributed by atoms with E-state index in [2.05, 4.69) is 41.5 Å². The first-order valence-electron chi connectivity index (χ1n) is 9.00. The maximum Gasteiger partial charge on any atom is 0.220 e. The van der Waals surface area contributed by atoms with Gasteiger partial charge in [0.2, 0.25) is 11.7 Å². The van der Waals surface area contributed by atoms with Crippen molar-refractivity contribution in [3.8, 4) is 0 Å². The number of rotatable bonds is 6. The van der Waals surface area contributed by atoms with Gasteiger partial charge in [0, 0.05) is 24.7 Å². The molecule has 1 aliphatic heterocycles. The summed E-state index contributed by atoms with van der Waals surface area (Å²) in [5.74, 6) is 1.16. The summed E-state index contributed by atoms with van der Waals surface area (Å²) >= 11 is 0. The Kier molecular flexibility index (Phi) is 5.43. The molecule has 0 radical (unpaired) electrons. The van der Waals surface area contributed by atoms with Crippen LogP contribution in [0.3, 0.4) is 0 Å². The number of piperidine rings is 1. The lowest BCUT2D eigenvalue weighted by Crippen LogP contribution is -3.14. The predicted octanol–water partition coefficient (Wildman–Crippen LogP) is 0.199. The molecule has 1 aliphatic rings. The second kappa shape index (κ2) is 7.74. The first-order chi connectivity index (χ1) is 12.1. The van der Waals surface area contributed by atoms with Gasteiger partial charge in [-0.2, -0.15) is 0 Å². The number of quaternary nitrogens is 1. The largest absolute Gasteiger partial charge is 0.369 e. The Balaban J connectivity index is 1.78. The lowest BCUT2D eigenvalue weighted by molar-refractivity contribution is -0.941. The second-order valence-electron chi connectivity index (χ2n) is 7.24. The topological polar surface area (TPSA) is 91.1 Å². The number of tetrazole rings is 1. The van der Waals surface area contributed by atoms with E-state index in [1.807, 2.05) is 22.9 Å². The average molecular weight is 343 g/mol. The van der Waals surface area contributed by atoms with E-state index >= 15 is 0 Å². The van der Waals surface area contributed by atoms with Crippen LogP contribution in [0.5, 0.6) is 0 Å². The van der Waals surface area contributed by atoms with E-state index in [0.717, 1.165) is 31.8 Å². The molecule has 2 heterocycles. The van der Waals surface area contributed by atoms with Crippen LogP contribution in [0.4, 0.5) is 0 Å². The molecular formula is C18H27N6O+. The van der Waals surface area contributed by atoms with Gasteiger partial charge in [-0.15, -0.1) is 5.10 Å². The number of nitrogens with one attached hydrogen (secondary N) is 1. The molecule has 7 nitrogen and oxygen atoms in total. The zero-order chi connectivity index (χ0) is 17.8. The van der Waals surface area contributed by atoms with Crippen molar-refractivity contribution in [1.29, 1.82) is 0 Å². The summed E-state index contributed by atoms with van der Waals surface area (Å²) < 4.78 is 1.91. The molecular weight excluding hydrogens is 316 g/mol. The highest BCUT2D eigenvalue weighted by molar-refractivity contribution is 5.76. The fraction of sp³-hybridized carbons (Fsp3) is 0.556. The molecule has 0 unspecified atom stereocenters. The molecule has 3 rings (SSSR count).